The summed E-state index contributed by atoms with van der Waals surface area (Å²) in [6, 6.07) is 16.4. The molecule has 198 valence electrons. The molecule has 2 aromatic carbocycles. The summed E-state index contributed by atoms with van der Waals surface area (Å²) in [5, 5.41) is 10.0. The molecule has 2 aromatic rings. The van der Waals surface area contributed by atoms with Gasteiger partial charge in [-0.15, -0.1) is 0 Å². The number of carbonyl (C=O) groups is 1. The quantitative estimate of drug-likeness (QED) is 0.296. The first-order valence-electron chi connectivity index (χ1n) is 13.3. The third kappa shape index (κ3) is 7.00. The maximum absolute atomic E-state index is 11.5. The summed E-state index contributed by atoms with van der Waals surface area (Å²) in [5.74, 6) is 4.10. The van der Waals surface area contributed by atoms with Crippen molar-refractivity contribution in [3.05, 3.63) is 64.2 Å². The highest BCUT2D eigenvalue weighted by Crippen LogP contribution is 2.52. The number of carboxylic acids is 1. The number of aliphatic carboxylic acids is 1. The summed E-state index contributed by atoms with van der Waals surface area (Å²) >= 11 is 5.99. The third-order valence-electron chi connectivity index (χ3n) is 7.50. The van der Waals surface area contributed by atoms with Gasteiger partial charge in [-0.1, -0.05) is 44.0 Å². The van der Waals surface area contributed by atoms with E-state index in [9.17, 15) is 9.90 Å². The monoisotopic (exact) mass is 523 g/mol. The Balaban J connectivity index is 1.58. The van der Waals surface area contributed by atoms with E-state index >= 15 is 0 Å². The minimum absolute atomic E-state index is 0.0255. The standard InChI is InChI=1S/C31H38ClNO4/c1-21(2)6-5-16-31(4)27-13-7-22(3)36-30(27)26-18-23(10-14-28(26)37-31)15-17-33(20-29(34)35)19-24-8-11-25(32)12-9-24/h8-12,14,18,21-22,27,30H,5-7,13,16,19-20H2,1-4H3,(H,34,35)/t22-,27-,30+,31+/m1/s1. The number of hydrogen-bond donors (Lipinski definition) is 1. The zero-order valence-electron chi connectivity index (χ0n) is 22.3. The highest BCUT2D eigenvalue weighted by molar-refractivity contribution is 6.30. The Morgan fingerprint density at radius 1 is 1.22 bits per heavy atom. The summed E-state index contributed by atoms with van der Waals surface area (Å²) in [6.07, 6.45) is 5.63. The Kier molecular flexibility index (Phi) is 8.72. The number of rotatable bonds is 8. The lowest BCUT2D eigenvalue weighted by Crippen LogP contribution is -2.50. The van der Waals surface area contributed by atoms with Gasteiger partial charge in [0.15, 0.2) is 0 Å². The van der Waals surface area contributed by atoms with Crippen molar-refractivity contribution in [3.63, 3.8) is 0 Å². The summed E-state index contributed by atoms with van der Waals surface area (Å²) in [4.78, 5) is 13.1. The zero-order valence-corrected chi connectivity index (χ0v) is 23.1. The van der Waals surface area contributed by atoms with Crippen LogP contribution in [0.5, 0.6) is 5.75 Å². The normalized spacial score (nSPS) is 24.3. The molecule has 0 aliphatic carbocycles. The predicted molar refractivity (Wildman–Crippen MR) is 147 cm³/mol. The maximum atomic E-state index is 11.5. The van der Waals surface area contributed by atoms with Crippen molar-refractivity contribution in [1.82, 2.24) is 4.90 Å². The van der Waals surface area contributed by atoms with Crippen molar-refractivity contribution in [3.8, 4) is 17.7 Å². The van der Waals surface area contributed by atoms with Crippen molar-refractivity contribution >= 4 is 17.6 Å². The smallest absolute Gasteiger partial charge is 0.323 e. The molecule has 6 heteroatoms. The Bertz CT molecular complexity index is 1150. The average molecular weight is 524 g/mol. The number of ether oxygens (including phenoxy) is 2. The molecule has 1 N–H and O–H groups in total. The fraction of sp³-hybridized carbons (Fsp3) is 0.516. The second kappa shape index (κ2) is 11.8. The van der Waals surface area contributed by atoms with Crippen LogP contribution in [0.15, 0.2) is 42.5 Å². The SMILES string of the molecule is CC(C)CCC[C@]1(C)Oc2ccc(C#CN(CC(=O)O)Cc3ccc(Cl)cc3)cc2[C@@H]2O[C@H](C)CC[C@H]21. The molecule has 4 atom stereocenters. The van der Waals surface area contributed by atoms with Crippen LogP contribution in [0.4, 0.5) is 0 Å². The van der Waals surface area contributed by atoms with Crippen LogP contribution in [-0.2, 0) is 16.1 Å². The van der Waals surface area contributed by atoms with E-state index in [0.717, 1.165) is 48.1 Å². The molecule has 1 saturated heterocycles. The third-order valence-corrected chi connectivity index (χ3v) is 7.75. The number of hydrogen-bond acceptors (Lipinski definition) is 4. The van der Waals surface area contributed by atoms with Gasteiger partial charge in [0.1, 0.15) is 17.9 Å². The van der Waals surface area contributed by atoms with Crippen LogP contribution >= 0.6 is 11.6 Å². The van der Waals surface area contributed by atoms with Gasteiger partial charge in [0.2, 0.25) is 0 Å². The Labute approximate surface area is 226 Å². The second-order valence-corrected chi connectivity index (χ2v) is 11.6. The van der Waals surface area contributed by atoms with E-state index in [1.165, 1.54) is 6.42 Å². The van der Waals surface area contributed by atoms with Gasteiger partial charge in [0.25, 0.3) is 0 Å². The molecule has 0 bridgehead atoms. The van der Waals surface area contributed by atoms with Crippen molar-refractivity contribution in [2.24, 2.45) is 11.8 Å². The molecule has 0 saturated carbocycles. The maximum Gasteiger partial charge on any atom is 0.323 e. The average Bonchev–Trinajstić information content (AvgIpc) is 2.83. The largest absolute Gasteiger partial charge is 0.487 e. The van der Waals surface area contributed by atoms with E-state index < -0.39 is 5.97 Å². The summed E-state index contributed by atoms with van der Waals surface area (Å²) in [6.45, 7) is 9.15. The molecule has 0 amide bonds. The van der Waals surface area contributed by atoms with Gasteiger partial charge in [-0.05, 0) is 87.3 Å². The van der Waals surface area contributed by atoms with E-state index in [2.05, 4.69) is 45.7 Å². The van der Waals surface area contributed by atoms with Crippen molar-refractivity contribution in [1.29, 1.82) is 0 Å². The van der Waals surface area contributed by atoms with Crippen molar-refractivity contribution in [2.75, 3.05) is 6.54 Å². The first-order valence-corrected chi connectivity index (χ1v) is 13.7. The van der Waals surface area contributed by atoms with Crippen LogP contribution in [0.2, 0.25) is 5.02 Å². The van der Waals surface area contributed by atoms with E-state index in [-0.39, 0.29) is 24.4 Å². The number of benzene rings is 2. The topological polar surface area (TPSA) is 59.0 Å². The first-order chi connectivity index (χ1) is 17.6. The molecular formula is C31H38ClNO4. The van der Waals surface area contributed by atoms with Gasteiger partial charge in [0.05, 0.1) is 18.8 Å². The molecule has 1 fully saturated rings. The van der Waals surface area contributed by atoms with E-state index in [0.29, 0.717) is 23.4 Å². The van der Waals surface area contributed by atoms with E-state index in [1.54, 1.807) is 17.0 Å². The summed E-state index contributed by atoms with van der Waals surface area (Å²) in [7, 11) is 0. The van der Waals surface area contributed by atoms with Crippen LogP contribution in [0, 0.1) is 23.8 Å². The molecule has 2 heterocycles. The molecule has 4 rings (SSSR count). The summed E-state index contributed by atoms with van der Waals surface area (Å²) in [5.41, 5.74) is 2.56. The lowest BCUT2D eigenvalue weighted by Gasteiger charge is -2.50. The lowest BCUT2D eigenvalue weighted by molar-refractivity contribution is -0.152. The van der Waals surface area contributed by atoms with E-state index in [1.807, 2.05) is 24.3 Å². The second-order valence-electron chi connectivity index (χ2n) is 11.1. The van der Waals surface area contributed by atoms with Gasteiger partial charge in [-0.3, -0.25) is 4.79 Å². The van der Waals surface area contributed by atoms with Crippen LogP contribution in [0.3, 0.4) is 0 Å². The lowest BCUT2D eigenvalue weighted by atomic mass is 9.72. The fourth-order valence-corrected chi connectivity index (χ4v) is 5.64. The predicted octanol–water partition coefficient (Wildman–Crippen LogP) is 7.07. The van der Waals surface area contributed by atoms with Crippen LogP contribution in [-0.4, -0.2) is 34.2 Å². The van der Waals surface area contributed by atoms with Gasteiger partial charge < -0.3 is 19.5 Å². The molecule has 0 radical (unpaired) electrons. The molecular weight excluding hydrogens is 486 g/mol. The fourth-order valence-electron chi connectivity index (χ4n) is 5.51. The Morgan fingerprint density at radius 2 is 1.97 bits per heavy atom. The molecule has 0 spiro atoms. The highest BCUT2D eigenvalue weighted by Gasteiger charge is 2.49. The highest BCUT2D eigenvalue weighted by atomic mass is 35.5. The number of halogens is 1. The van der Waals surface area contributed by atoms with Crippen molar-refractivity contribution in [2.45, 2.75) is 84.2 Å². The van der Waals surface area contributed by atoms with Crippen LogP contribution < -0.4 is 4.74 Å². The van der Waals surface area contributed by atoms with Gasteiger partial charge in [-0.25, -0.2) is 0 Å². The minimum atomic E-state index is -0.925. The molecule has 0 aromatic heterocycles. The van der Waals surface area contributed by atoms with Gasteiger partial charge >= 0.3 is 5.97 Å². The number of carboxylic acid groups (broad SMARTS) is 1. The van der Waals surface area contributed by atoms with Crippen LogP contribution in [0.25, 0.3) is 0 Å². The number of fused-ring (bicyclic) bond motifs is 3. The molecule has 2 aliphatic rings. The number of nitrogens with zero attached hydrogens (tertiary/aromatic N) is 1. The summed E-state index contributed by atoms with van der Waals surface area (Å²) < 4.78 is 13.2. The first kappa shape index (κ1) is 27.4. The minimum Gasteiger partial charge on any atom is -0.487 e. The molecule has 37 heavy (non-hydrogen) atoms. The van der Waals surface area contributed by atoms with Gasteiger partial charge in [-0.2, -0.15) is 0 Å². The Hall–Kier alpha value is -2.68. The zero-order chi connectivity index (χ0) is 26.6. The van der Waals surface area contributed by atoms with Crippen molar-refractivity contribution < 1.29 is 19.4 Å². The van der Waals surface area contributed by atoms with Gasteiger partial charge in [0, 0.05) is 28.1 Å². The van der Waals surface area contributed by atoms with Crippen LogP contribution in [0.1, 0.15) is 82.6 Å². The molecule has 0 unspecified atom stereocenters. The Morgan fingerprint density at radius 3 is 2.68 bits per heavy atom. The molecule has 5 nitrogen and oxygen atoms in total. The molecule has 2 aliphatic heterocycles. The van der Waals surface area contributed by atoms with E-state index in [4.69, 9.17) is 21.1 Å².